The van der Waals surface area contributed by atoms with Crippen LogP contribution in [0.25, 0.3) is 10.9 Å². The van der Waals surface area contributed by atoms with Crippen LogP contribution in [0.15, 0.2) is 47.6 Å². The normalized spacial score (nSPS) is 15.3. The topological polar surface area (TPSA) is 90.1 Å². The second-order valence-corrected chi connectivity index (χ2v) is 8.09. The summed E-state index contributed by atoms with van der Waals surface area (Å²) in [4.78, 5) is 9.67. The molecule has 136 valence electrons. The molecule has 1 fully saturated rings. The Kier molecular flexibility index (Phi) is 4.29. The molecule has 7 nitrogen and oxygen atoms in total. The molecule has 0 radical (unpaired) electrons. The van der Waals surface area contributed by atoms with Crippen LogP contribution in [-0.2, 0) is 10.0 Å². The first kappa shape index (κ1) is 16.9. The minimum Gasteiger partial charge on any atom is -0.354 e. The lowest BCUT2D eigenvalue weighted by atomic mass is 10.2. The molecule has 0 saturated carbocycles. The minimum atomic E-state index is -3.70. The maximum Gasteiger partial charge on any atom is 0.277 e. The number of fused-ring (bicyclic) bond motifs is 1. The number of hydrogen-bond donors (Lipinski definition) is 3. The van der Waals surface area contributed by atoms with Gasteiger partial charge in [-0.2, -0.15) is 8.42 Å². The number of rotatable bonds is 4. The van der Waals surface area contributed by atoms with Crippen molar-refractivity contribution in [2.45, 2.75) is 11.9 Å². The molecule has 0 aliphatic carbocycles. The van der Waals surface area contributed by atoms with Gasteiger partial charge in [-0.1, -0.05) is 17.7 Å². The Labute approximate surface area is 152 Å². The summed E-state index contributed by atoms with van der Waals surface area (Å²) in [5.41, 5.74) is 2.37. The zero-order chi connectivity index (χ0) is 18.1. The molecule has 2 aromatic heterocycles. The summed E-state index contributed by atoms with van der Waals surface area (Å²) in [6.45, 7) is 5.44. The first-order valence-corrected chi connectivity index (χ1v) is 10.0. The molecule has 1 aliphatic heterocycles. The monoisotopic (exact) mass is 371 g/mol. The van der Waals surface area contributed by atoms with Crippen LogP contribution in [-0.4, -0.2) is 44.6 Å². The molecule has 0 amide bonds. The van der Waals surface area contributed by atoms with Gasteiger partial charge in [-0.15, -0.1) is 0 Å². The lowest BCUT2D eigenvalue weighted by molar-refractivity contribution is 0.586. The molecule has 0 atom stereocenters. The molecule has 1 aliphatic rings. The SMILES string of the molecule is Cc1ccc(NS(=O)(=O)c2cc3c(N4CCNCC4)nccc3[nH]2)cc1. The van der Waals surface area contributed by atoms with Crippen LogP contribution in [0.5, 0.6) is 0 Å². The molecule has 0 unspecified atom stereocenters. The summed E-state index contributed by atoms with van der Waals surface area (Å²) < 4.78 is 28.1. The van der Waals surface area contributed by atoms with Crippen molar-refractivity contribution in [1.82, 2.24) is 15.3 Å². The van der Waals surface area contributed by atoms with E-state index in [1.807, 2.05) is 19.1 Å². The van der Waals surface area contributed by atoms with Crippen molar-refractivity contribution in [3.05, 3.63) is 48.2 Å². The number of hydrogen-bond acceptors (Lipinski definition) is 5. The summed E-state index contributed by atoms with van der Waals surface area (Å²) in [7, 11) is -3.70. The predicted octanol–water partition coefficient (Wildman–Crippen LogP) is 2.08. The van der Waals surface area contributed by atoms with Crippen molar-refractivity contribution >= 4 is 32.4 Å². The van der Waals surface area contributed by atoms with Gasteiger partial charge in [0, 0.05) is 43.4 Å². The number of nitrogens with zero attached hydrogens (tertiary/aromatic N) is 2. The Bertz CT molecular complexity index is 1020. The first-order chi connectivity index (χ1) is 12.5. The van der Waals surface area contributed by atoms with Gasteiger partial charge in [-0.05, 0) is 31.2 Å². The molecule has 3 aromatic rings. The molecule has 8 heteroatoms. The number of anilines is 2. The van der Waals surface area contributed by atoms with Crippen LogP contribution in [0, 0.1) is 6.92 Å². The predicted molar refractivity (Wildman–Crippen MR) is 103 cm³/mol. The summed E-state index contributed by atoms with van der Waals surface area (Å²) in [5.74, 6) is 0.817. The maximum atomic E-state index is 12.8. The highest BCUT2D eigenvalue weighted by Crippen LogP contribution is 2.28. The van der Waals surface area contributed by atoms with Crippen LogP contribution in [0.3, 0.4) is 0 Å². The van der Waals surface area contributed by atoms with E-state index in [4.69, 9.17) is 0 Å². The molecule has 1 saturated heterocycles. The minimum absolute atomic E-state index is 0.137. The highest BCUT2D eigenvalue weighted by molar-refractivity contribution is 7.92. The van der Waals surface area contributed by atoms with Crippen molar-refractivity contribution in [3.63, 3.8) is 0 Å². The Morgan fingerprint density at radius 2 is 1.85 bits per heavy atom. The van der Waals surface area contributed by atoms with Crippen molar-refractivity contribution in [2.24, 2.45) is 0 Å². The first-order valence-electron chi connectivity index (χ1n) is 8.56. The largest absolute Gasteiger partial charge is 0.354 e. The van der Waals surface area contributed by atoms with Crippen LogP contribution in [0.1, 0.15) is 5.56 Å². The van der Waals surface area contributed by atoms with Crippen LogP contribution < -0.4 is 14.9 Å². The van der Waals surface area contributed by atoms with Crippen LogP contribution in [0.4, 0.5) is 11.5 Å². The van der Waals surface area contributed by atoms with Gasteiger partial charge < -0.3 is 15.2 Å². The van der Waals surface area contributed by atoms with Crippen molar-refractivity contribution in [3.8, 4) is 0 Å². The van der Waals surface area contributed by atoms with Gasteiger partial charge in [0.15, 0.2) is 5.03 Å². The summed E-state index contributed by atoms with van der Waals surface area (Å²) in [5, 5.41) is 4.26. The summed E-state index contributed by atoms with van der Waals surface area (Å²) in [6, 6.07) is 10.7. The van der Waals surface area contributed by atoms with E-state index < -0.39 is 10.0 Å². The molecule has 1 aromatic carbocycles. The number of H-pyrrole nitrogens is 1. The fraction of sp³-hybridized carbons (Fsp3) is 0.278. The third kappa shape index (κ3) is 3.25. The quantitative estimate of drug-likeness (QED) is 0.653. The summed E-state index contributed by atoms with van der Waals surface area (Å²) in [6.07, 6.45) is 1.71. The zero-order valence-corrected chi connectivity index (χ0v) is 15.3. The smallest absolute Gasteiger partial charge is 0.277 e. The number of aromatic amines is 1. The van der Waals surface area contributed by atoms with E-state index in [9.17, 15) is 8.42 Å². The molecule has 0 bridgehead atoms. The van der Waals surface area contributed by atoms with Crippen LogP contribution in [0.2, 0.25) is 0 Å². The van der Waals surface area contributed by atoms with E-state index in [0.29, 0.717) is 5.69 Å². The Morgan fingerprint density at radius 3 is 2.58 bits per heavy atom. The van der Waals surface area contributed by atoms with Gasteiger partial charge in [0.25, 0.3) is 10.0 Å². The number of pyridine rings is 1. The molecule has 0 spiro atoms. The van der Waals surface area contributed by atoms with E-state index in [1.54, 1.807) is 30.5 Å². The lowest BCUT2D eigenvalue weighted by Gasteiger charge is -2.28. The van der Waals surface area contributed by atoms with Crippen molar-refractivity contribution in [1.29, 1.82) is 0 Å². The molecule has 26 heavy (non-hydrogen) atoms. The van der Waals surface area contributed by atoms with E-state index in [0.717, 1.165) is 48.5 Å². The maximum absolute atomic E-state index is 12.8. The lowest BCUT2D eigenvalue weighted by Crippen LogP contribution is -2.43. The van der Waals surface area contributed by atoms with Gasteiger partial charge in [0.1, 0.15) is 5.82 Å². The molecule has 3 N–H and O–H groups in total. The second kappa shape index (κ2) is 6.62. The second-order valence-electron chi connectivity index (χ2n) is 6.44. The Morgan fingerprint density at radius 1 is 1.12 bits per heavy atom. The van der Waals surface area contributed by atoms with Crippen LogP contribution >= 0.6 is 0 Å². The average molecular weight is 371 g/mol. The van der Waals surface area contributed by atoms with Crippen molar-refractivity contribution in [2.75, 3.05) is 35.8 Å². The van der Waals surface area contributed by atoms with E-state index in [-0.39, 0.29) is 5.03 Å². The number of aromatic nitrogens is 2. The standard InChI is InChI=1S/C18H21N5O2S/c1-13-2-4-14(5-3-13)22-26(24,25)17-12-15-16(21-17)6-7-20-18(15)23-10-8-19-9-11-23/h2-7,12,19,21-22H,8-11H2,1H3. The van der Waals surface area contributed by atoms with Gasteiger partial charge in [0.05, 0.1) is 5.52 Å². The molecule has 3 heterocycles. The van der Waals surface area contributed by atoms with Gasteiger partial charge >= 0.3 is 0 Å². The number of aryl methyl sites for hydroxylation is 1. The van der Waals surface area contributed by atoms with E-state index in [2.05, 4.69) is 24.9 Å². The number of sulfonamides is 1. The fourth-order valence-electron chi connectivity index (χ4n) is 3.12. The van der Waals surface area contributed by atoms with Gasteiger partial charge in [-0.3, -0.25) is 4.72 Å². The average Bonchev–Trinajstić information content (AvgIpc) is 3.09. The van der Waals surface area contributed by atoms with E-state index >= 15 is 0 Å². The third-order valence-corrected chi connectivity index (χ3v) is 5.82. The Hall–Kier alpha value is -2.58. The fourth-order valence-corrected chi connectivity index (χ4v) is 4.19. The molecular weight excluding hydrogens is 350 g/mol. The summed E-state index contributed by atoms with van der Waals surface area (Å²) >= 11 is 0. The highest BCUT2D eigenvalue weighted by Gasteiger charge is 2.21. The third-order valence-electron chi connectivity index (χ3n) is 4.51. The van der Waals surface area contributed by atoms with Gasteiger partial charge in [0.2, 0.25) is 0 Å². The zero-order valence-electron chi connectivity index (χ0n) is 14.5. The number of benzene rings is 1. The Balaban J connectivity index is 1.69. The number of nitrogens with one attached hydrogen (secondary N) is 3. The van der Waals surface area contributed by atoms with E-state index in [1.165, 1.54) is 0 Å². The van der Waals surface area contributed by atoms with Crippen molar-refractivity contribution < 1.29 is 8.42 Å². The highest BCUT2D eigenvalue weighted by atomic mass is 32.2. The molecule has 4 rings (SSSR count). The number of piperazine rings is 1. The van der Waals surface area contributed by atoms with Gasteiger partial charge in [-0.25, -0.2) is 4.98 Å². The molecular formula is C18H21N5O2S.